The zero-order valence-electron chi connectivity index (χ0n) is 16.5. The fourth-order valence-electron chi connectivity index (χ4n) is 2.29. The molecule has 0 spiro atoms. The summed E-state index contributed by atoms with van der Waals surface area (Å²) in [5.74, 6) is 0.839. The monoisotopic (exact) mass is 554 g/mol. The molecule has 6 nitrogen and oxygen atoms in total. The van der Waals surface area contributed by atoms with Gasteiger partial charge in [0.1, 0.15) is 0 Å². The number of halogens is 2. The van der Waals surface area contributed by atoms with Crippen LogP contribution in [0.5, 0.6) is 0 Å². The second-order valence-electron chi connectivity index (χ2n) is 5.83. The van der Waals surface area contributed by atoms with Gasteiger partial charge >= 0.3 is 0 Å². The number of hydrogen-bond donors (Lipinski definition) is 2. The van der Waals surface area contributed by atoms with Crippen molar-refractivity contribution in [3.8, 4) is 0 Å². The molecule has 0 atom stereocenters. The summed E-state index contributed by atoms with van der Waals surface area (Å²) < 4.78 is 6.33. The quantitative estimate of drug-likeness (QED) is 0.190. The van der Waals surface area contributed by atoms with Crippen LogP contribution >= 0.6 is 39.9 Å². The Hall–Kier alpha value is -0.870. The highest BCUT2D eigenvalue weighted by Gasteiger charge is 2.10. The number of nitrogens with one attached hydrogen (secondary N) is 2. The van der Waals surface area contributed by atoms with Gasteiger partial charge in [0.25, 0.3) is 0 Å². The number of rotatable bonds is 11. The first-order chi connectivity index (χ1) is 12.6. The van der Waals surface area contributed by atoms with Gasteiger partial charge in [0, 0.05) is 57.3 Å². The summed E-state index contributed by atoms with van der Waals surface area (Å²) in [4.78, 5) is 18.6. The van der Waals surface area contributed by atoms with E-state index in [1.807, 2.05) is 45.2 Å². The summed E-state index contributed by atoms with van der Waals surface area (Å²) in [6.07, 6.45) is 1.31. The van der Waals surface area contributed by atoms with Crippen LogP contribution in [-0.4, -0.2) is 56.7 Å². The molecule has 0 unspecified atom stereocenters. The van der Waals surface area contributed by atoms with Crippen molar-refractivity contribution in [1.82, 2.24) is 15.5 Å². The fraction of sp³-hybridized carbons (Fsp3) is 0.579. The van der Waals surface area contributed by atoms with E-state index >= 15 is 0 Å². The summed E-state index contributed by atoms with van der Waals surface area (Å²) in [5.41, 5.74) is 1.10. The van der Waals surface area contributed by atoms with Crippen molar-refractivity contribution in [3.05, 3.63) is 34.3 Å². The van der Waals surface area contributed by atoms with Gasteiger partial charge in [-0.25, -0.2) is 0 Å². The topological polar surface area (TPSA) is 66.0 Å². The maximum absolute atomic E-state index is 12.3. The average Bonchev–Trinajstić information content (AvgIpc) is 2.63. The smallest absolute Gasteiger partial charge is 0.224 e. The molecule has 0 heterocycles. The second-order valence-corrected chi connectivity index (χ2v) is 6.68. The third-order valence-electron chi connectivity index (χ3n) is 3.69. The molecule has 2 N–H and O–H groups in total. The van der Waals surface area contributed by atoms with Crippen LogP contribution in [0.15, 0.2) is 33.7 Å². The lowest BCUT2D eigenvalue weighted by molar-refractivity contribution is -0.130. The second kappa shape index (κ2) is 16.1. The third-order valence-corrected chi connectivity index (χ3v) is 4.46. The van der Waals surface area contributed by atoms with Crippen LogP contribution < -0.4 is 10.6 Å². The third kappa shape index (κ3) is 11.5. The van der Waals surface area contributed by atoms with E-state index in [-0.39, 0.29) is 29.9 Å². The maximum Gasteiger partial charge on any atom is 0.224 e. The molecule has 0 aliphatic rings. The Kier molecular flexibility index (Phi) is 15.6. The minimum atomic E-state index is 0. The summed E-state index contributed by atoms with van der Waals surface area (Å²) in [7, 11) is 1.83. The number of guanidine groups is 1. The van der Waals surface area contributed by atoms with Crippen LogP contribution in [0, 0.1) is 0 Å². The van der Waals surface area contributed by atoms with Crippen molar-refractivity contribution < 1.29 is 9.53 Å². The summed E-state index contributed by atoms with van der Waals surface area (Å²) >= 11 is 3.52. The first-order valence-corrected chi connectivity index (χ1v) is 9.95. The highest BCUT2D eigenvalue weighted by atomic mass is 127. The number of carbonyl (C=O) groups excluding carboxylic acids is 1. The van der Waals surface area contributed by atoms with Gasteiger partial charge in [0.05, 0.1) is 0 Å². The Bertz CT molecular complexity index is 572. The van der Waals surface area contributed by atoms with Crippen LogP contribution in [0.1, 0.15) is 32.3 Å². The molecule has 0 aliphatic heterocycles. The van der Waals surface area contributed by atoms with Gasteiger partial charge in [-0.05, 0) is 31.9 Å². The molecule has 154 valence electrons. The first-order valence-electron chi connectivity index (χ1n) is 9.15. The summed E-state index contributed by atoms with van der Waals surface area (Å²) in [5, 5.41) is 6.40. The molecule has 1 aromatic carbocycles. The maximum atomic E-state index is 12.3. The van der Waals surface area contributed by atoms with Crippen LogP contribution in [0.3, 0.4) is 0 Å². The highest BCUT2D eigenvalue weighted by molar-refractivity contribution is 14.0. The van der Waals surface area contributed by atoms with E-state index < -0.39 is 0 Å². The molecule has 0 bridgehead atoms. The predicted octanol–water partition coefficient (Wildman–Crippen LogP) is 3.40. The number of aliphatic imine (C=N–C) groups is 1. The first kappa shape index (κ1) is 26.1. The fourth-order valence-corrected chi connectivity index (χ4v) is 2.70. The summed E-state index contributed by atoms with van der Waals surface area (Å²) in [6, 6.07) is 7.95. The van der Waals surface area contributed by atoms with Crippen LogP contribution in [0.25, 0.3) is 0 Å². The minimum Gasteiger partial charge on any atom is -0.382 e. The Labute approximate surface area is 188 Å². The normalized spacial score (nSPS) is 10.9. The number of hydrogen-bond acceptors (Lipinski definition) is 3. The highest BCUT2D eigenvalue weighted by Crippen LogP contribution is 2.17. The van der Waals surface area contributed by atoms with Crippen LogP contribution in [0.4, 0.5) is 0 Å². The van der Waals surface area contributed by atoms with Crippen molar-refractivity contribution in [1.29, 1.82) is 0 Å². The van der Waals surface area contributed by atoms with Gasteiger partial charge in [0.2, 0.25) is 5.91 Å². The number of benzene rings is 1. The minimum absolute atomic E-state index is 0. The van der Waals surface area contributed by atoms with Gasteiger partial charge < -0.3 is 20.3 Å². The standard InChI is InChI=1S/C19H31BrN4O2.HI/c1-4-21-19(22-12-8-14-26-5-2)23-13-11-18(25)24(3)15-16-9-6-7-10-17(16)20;/h6-7,9-10H,4-5,8,11-15H2,1-3H3,(H2,21,22,23);1H. The molecule has 0 saturated carbocycles. The molecule has 27 heavy (non-hydrogen) atoms. The van der Waals surface area contributed by atoms with Crippen molar-refractivity contribution in [3.63, 3.8) is 0 Å². The molecule has 0 fully saturated rings. The van der Waals surface area contributed by atoms with E-state index in [4.69, 9.17) is 4.74 Å². The molecule has 1 aromatic rings. The molecule has 1 amide bonds. The molecule has 0 aromatic heterocycles. The SMILES string of the molecule is CCNC(=NCCCOCC)NCCC(=O)N(C)Cc1ccccc1Br.I. The molecular weight excluding hydrogens is 523 g/mol. The number of amides is 1. The van der Waals surface area contributed by atoms with E-state index in [9.17, 15) is 4.79 Å². The van der Waals surface area contributed by atoms with E-state index in [0.717, 1.165) is 42.2 Å². The number of nitrogens with zero attached hydrogens (tertiary/aromatic N) is 2. The molecule has 0 aliphatic carbocycles. The number of carbonyl (C=O) groups is 1. The summed E-state index contributed by atoms with van der Waals surface area (Å²) in [6.45, 7) is 8.09. The van der Waals surface area contributed by atoms with Gasteiger partial charge in [0.15, 0.2) is 5.96 Å². The lowest BCUT2D eigenvalue weighted by atomic mass is 10.2. The van der Waals surface area contributed by atoms with Gasteiger partial charge in [-0.2, -0.15) is 0 Å². The predicted molar refractivity (Wildman–Crippen MR) is 126 cm³/mol. The lowest BCUT2D eigenvalue weighted by Crippen LogP contribution is -2.39. The molecule has 0 saturated heterocycles. The molecule has 0 radical (unpaired) electrons. The van der Waals surface area contributed by atoms with Crippen molar-refractivity contribution in [2.24, 2.45) is 4.99 Å². The van der Waals surface area contributed by atoms with E-state index in [2.05, 4.69) is 31.6 Å². The van der Waals surface area contributed by atoms with Crippen molar-refractivity contribution in [2.45, 2.75) is 33.2 Å². The van der Waals surface area contributed by atoms with E-state index in [0.29, 0.717) is 26.1 Å². The van der Waals surface area contributed by atoms with Crippen molar-refractivity contribution in [2.75, 3.05) is 39.9 Å². The Morgan fingerprint density at radius 2 is 2.00 bits per heavy atom. The van der Waals surface area contributed by atoms with Crippen molar-refractivity contribution >= 4 is 51.8 Å². The van der Waals surface area contributed by atoms with Gasteiger partial charge in [-0.3, -0.25) is 9.79 Å². The zero-order valence-corrected chi connectivity index (χ0v) is 20.4. The molecule has 1 rings (SSSR count). The zero-order chi connectivity index (χ0) is 19.2. The number of ether oxygens (including phenoxy) is 1. The largest absolute Gasteiger partial charge is 0.382 e. The van der Waals surface area contributed by atoms with Crippen LogP contribution in [0.2, 0.25) is 0 Å². The van der Waals surface area contributed by atoms with Gasteiger partial charge in [-0.15, -0.1) is 24.0 Å². The lowest BCUT2D eigenvalue weighted by Gasteiger charge is -2.19. The Morgan fingerprint density at radius 1 is 1.26 bits per heavy atom. The Balaban J connectivity index is 0.00000676. The Morgan fingerprint density at radius 3 is 2.67 bits per heavy atom. The van der Waals surface area contributed by atoms with E-state index in [1.165, 1.54) is 0 Å². The van der Waals surface area contributed by atoms with Crippen LogP contribution in [-0.2, 0) is 16.1 Å². The average molecular weight is 555 g/mol. The van der Waals surface area contributed by atoms with E-state index in [1.54, 1.807) is 4.90 Å². The van der Waals surface area contributed by atoms with Gasteiger partial charge in [-0.1, -0.05) is 34.1 Å². The molecular formula is C19H32BrIN4O2. The molecule has 8 heteroatoms.